The molecule has 1 aromatic carbocycles. The van der Waals surface area contributed by atoms with Gasteiger partial charge in [0.2, 0.25) is 5.91 Å². The molecule has 4 heteroatoms. The van der Waals surface area contributed by atoms with Crippen LogP contribution in [-0.4, -0.2) is 18.1 Å². The van der Waals surface area contributed by atoms with Gasteiger partial charge in [0.25, 0.3) is 0 Å². The van der Waals surface area contributed by atoms with E-state index < -0.39 is 5.54 Å². The van der Waals surface area contributed by atoms with Crippen LogP contribution in [0, 0.1) is 0 Å². The van der Waals surface area contributed by atoms with E-state index in [4.69, 9.17) is 10.5 Å². The van der Waals surface area contributed by atoms with Gasteiger partial charge >= 0.3 is 0 Å². The number of ether oxygens (including phenoxy) is 1. The summed E-state index contributed by atoms with van der Waals surface area (Å²) in [6.07, 6.45) is 0. The van der Waals surface area contributed by atoms with Crippen LogP contribution < -0.4 is 15.8 Å². The van der Waals surface area contributed by atoms with Gasteiger partial charge in [-0.3, -0.25) is 4.79 Å². The van der Waals surface area contributed by atoms with Crippen molar-refractivity contribution in [3.63, 3.8) is 0 Å². The maximum Gasteiger partial charge on any atom is 0.243 e. The fraction of sp³-hybridized carbons (Fsp3) is 0.417. The molecule has 1 amide bonds. The zero-order chi connectivity index (χ0) is 12.2. The van der Waals surface area contributed by atoms with Crippen LogP contribution in [-0.2, 0) is 4.79 Å². The summed E-state index contributed by atoms with van der Waals surface area (Å²) in [6.45, 7) is 5.88. The standard InChI is InChI=1S/C12H18N2O2/c1-4-16-10-7-5-9(6-8-10)14-11(15)12(2,3)13/h5-8H,4,13H2,1-3H3,(H,14,15). The van der Waals surface area contributed by atoms with Crippen LogP contribution >= 0.6 is 0 Å². The quantitative estimate of drug-likeness (QED) is 0.816. The summed E-state index contributed by atoms with van der Waals surface area (Å²) >= 11 is 0. The predicted octanol–water partition coefficient (Wildman–Crippen LogP) is 1.76. The van der Waals surface area contributed by atoms with Crippen molar-refractivity contribution >= 4 is 11.6 Å². The van der Waals surface area contributed by atoms with E-state index in [1.54, 1.807) is 26.0 Å². The zero-order valence-electron chi connectivity index (χ0n) is 9.91. The predicted molar refractivity (Wildman–Crippen MR) is 64.5 cm³/mol. The highest BCUT2D eigenvalue weighted by Crippen LogP contribution is 2.16. The minimum absolute atomic E-state index is 0.211. The molecule has 0 spiro atoms. The van der Waals surface area contributed by atoms with E-state index in [1.807, 2.05) is 19.1 Å². The topological polar surface area (TPSA) is 64.3 Å². The summed E-state index contributed by atoms with van der Waals surface area (Å²) in [5.41, 5.74) is 5.51. The molecule has 4 nitrogen and oxygen atoms in total. The van der Waals surface area contributed by atoms with Crippen LogP contribution in [0.5, 0.6) is 5.75 Å². The molecule has 1 aromatic rings. The molecule has 0 saturated carbocycles. The maximum atomic E-state index is 11.6. The fourth-order valence-corrected chi connectivity index (χ4v) is 1.09. The number of carbonyl (C=O) groups excluding carboxylic acids is 1. The Morgan fingerprint density at radius 3 is 2.38 bits per heavy atom. The molecule has 0 fully saturated rings. The Kier molecular flexibility index (Phi) is 3.90. The number of amides is 1. The van der Waals surface area contributed by atoms with Crippen molar-refractivity contribution in [2.24, 2.45) is 5.73 Å². The first kappa shape index (κ1) is 12.5. The molecule has 0 bridgehead atoms. The van der Waals surface area contributed by atoms with Gasteiger partial charge in [0.15, 0.2) is 0 Å². The van der Waals surface area contributed by atoms with E-state index in [-0.39, 0.29) is 5.91 Å². The van der Waals surface area contributed by atoms with Crippen molar-refractivity contribution in [3.05, 3.63) is 24.3 Å². The molecule has 0 aromatic heterocycles. The van der Waals surface area contributed by atoms with Crippen molar-refractivity contribution < 1.29 is 9.53 Å². The molecule has 0 unspecified atom stereocenters. The van der Waals surface area contributed by atoms with Gasteiger partial charge in [-0.25, -0.2) is 0 Å². The van der Waals surface area contributed by atoms with Crippen LogP contribution in [0.1, 0.15) is 20.8 Å². The SMILES string of the molecule is CCOc1ccc(NC(=O)C(C)(C)N)cc1. The van der Waals surface area contributed by atoms with Crippen molar-refractivity contribution in [1.82, 2.24) is 0 Å². The van der Waals surface area contributed by atoms with Crippen molar-refractivity contribution in [2.45, 2.75) is 26.3 Å². The Bertz CT molecular complexity index is 352. The van der Waals surface area contributed by atoms with Gasteiger partial charge in [0, 0.05) is 5.69 Å². The van der Waals surface area contributed by atoms with E-state index in [9.17, 15) is 4.79 Å². The highest BCUT2D eigenvalue weighted by atomic mass is 16.5. The first-order valence-corrected chi connectivity index (χ1v) is 5.26. The molecule has 1 rings (SSSR count). The lowest BCUT2D eigenvalue weighted by Crippen LogP contribution is -2.45. The number of nitrogens with one attached hydrogen (secondary N) is 1. The molecular weight excluding hydrogens is 204 g/mol. The lowest BCUT2D eigenvalue weighted by Gasteiger charge is -2.17. The largest absolute Gasteiger partial charge is 0.494 e. The van der Waals surface area contributed by atoms with Gasteiger partial charge in [0.1, 0.15) is 5.75 Å². The second-order valence-electron chi connectivity index (χ2n) is 4.13. The number of hydrogen-bond acceptors (Lipinski definition) is 3. The van der Waals surface area contributed by atoms with Gasteiger partial charge in [-0.15, -0.1) is 0 Å². The van der Waals surface area contributed by atoms with E-state index in [2.05, 4.69) is 5.32 Å². The fourth-order valence-electron chi connectivity index (χ4n) is 1.09. The third kappa shape index (κ3) is 3.55. The number of nitrogens with two attached hydrogens (primary N) is 1. The second-order valence-corrected chi connectivity index (χ2v) is 4.13. The zero-order valence-corrected chi connectivity index (χ0v) is 9.91. The van der Waals surface area contributed by atoms with E-state index >= 15 is 0 Å². The minimum Gasteiger partial charge on any atom is -0.494 e. The second kappa shape index (κ2) is 4.99. The molecule has 0 aliphatic rings. The smallest absolute Gasteiger partial charge is 0.243 e. The Labute approximate surface area is 95.8 Å². The van der Waals surface area contributed by atoms with Crippen LogP contribution in [0.3, 0.4) is 0 Å². The molecule has 0 aliphatic heterocycles. The highest BCUT2D eigenvalue weighted by Gasteiger charge is 2.21. The van der Waals surface area contributed by atoms with Crippen LogP contribution in [0.2, 0.25) is 0 Å². The van der Waals surface area contributed by atoms with Crippen LogP contribution in [0.25, 0.3) is 0 Å². The molecule has 16 heavy (non-hydrogen) atoms. The van der Waals surface area contributed by atoms with E-state index in [1.165, 1.54) is 0 Å². The number of rotatable bonds is 4. The number of benzene rings is 1. The lowest BCUT2D eigenvalue weighted by atomic mass is 10.1. The number of hydrogen-bond donors (Lipinski definition) is 2. The average Bonchev–Trinajstić information content (AvgIpc) is 2.20. The molecule has 0 heterocycles. The van der Waals surface area contributed by atoms with Gasteiger partial charge in [-0.1, -0.05) is 0 Å². The number of anilines is 1. The van der Waals surface area contributed by atoms with Gasteiger partial charge in [-0.05, 0) is 45.0 Å². The Morgan fingerprint density at radius 2 is 1.94 bits per heavy atom. The number of carbonyl (C=O) groups is 1. The minimum atomic E-state index is -0.876. The molecule has 0 atom stereocenters. The average molecular weight is 222 g/mol. The van der Waals surface area contributed by atoms with E-state index in [0.29, 0.717) is 12.3 Å². The molecular formula is C12H18N2O2. The summed E-state index contributed by atoms with van der Waals surface area (Å²) in [4.78, 5) is 11.6. The van der Waals surface area contributed by atoms with Crippen molar-refractivity contribution in [1.29, 1.82) is 0 Å². The Morgan fingerprint density at radius 1 is 1.38 bits per heavy atom. The molecule has 3 N–H and O–H groups in total. The summed E-state index contributed by atoms with van der Waals surface area (Å²) in [5.74, 6) is 0.573. The van der Waals surface area contributed by atoms with Gasteiger partial charge in [0.05, 0.1) is 12.1 Å². The van der Waals surface area contributed by atoms with Crippen LogP contribution in [0.15, 0.2) is 24.3 Å². The van der Waals surface area contributed by atoms with Gasteiger partial charge < -0.3 is 15.8 Å². The molecule has 0 aliphatic carbocycles. The Hall–Kier alpha value is -1.55. The lowest BCUT2D eigenvalue weighted by molar-refractivity contribution is -0.120. The molecule has 0 radical (unpaired) electrons. The summed E-state index contributed by atoms with van der Waals surface area (Å²) in [6, 6.07) is 7.19. The molecule has 0 saturated heterocycles. The van der Waals surface area contributed by atoms with Crippen LogP contribution in [0.4, 0.5) is 5.69 Å². The van der Waals surface area contributed by atoms with Crippen molar-refractivity contribution in [3.8, 4) is 5.75 Å². The summed E-state index contributed by atoms with van der Waals surface area (Å²) in [7, 11) is 0. The van der Waals surface area contributed by atoms with Crippen molar-refractivity contribution in [2.75, 3.05) is 11.9 Å². The normalized spacial score (nSPS) is 11.0. The first-order valence-electron chi connectivity index (χ1n) is 5.26. The third-order valence-electron chi connectivity index (χ3n) is 2.01. The monoisotopic (exact) mass is 222 g/mol. The highest BCUT2D eigenvalue weighted by molar-refractivity contribution is 5.97. The first-order chi connectivity index (χ1) is 7.43. The maximum absolute atomic E-state index is 11.6. The summed E-state index contributed by atoms with van der Waals surface area (Å²) < 4.78 is 5.30. The van der Waals surface area contributed by atoms with Gasteiger partial charge in [-0.2, -0.15) is 0 Å². The Balaban J connectivity index is 2.65. The third-order valence-corrected chi connectivity index (χ3v) is 2.01. The summed E-state index contributed by atoms with van der Waals surface area (Å²) in [5, 5.41) is 2.73. The van der Waals surface area contributed by atoms with E-state index in [0.717, 1.165) is 5.75 Å². The molecule has 88 valence electrons.